The fourth-order valence-electron chi connectivity index (χ4n) is 2.23. The molecule has 2 N–H and O–H groups in total. The highest BCUT2D eigenvalue weighted by molar-refractivity contribution is 7.12. The molecule has 0 saturated carbocycles. The second-order valence-electron chi connectivity index (χ2n) is 4.82. The Balaban J connectivity index is 1.65. The molecule has 1 atom stereocenters. The summed E-state index contributed by atoms with van der Waals surface area (Å²) in [5.74, 6) is -0.236. The molecule has 0 spiro atoms. The highest BCUT2D eigenvalue weighted by Gasteiger charge is 2.24. The number of nitrogens with zero attached hydrogens (tertiary/aromatic N) is 2. The van der Waals surface area contributed by atoms with Crippen LogP contribution in [-0.2, 0) is 9.59 Å². The second kappa shape index (κ2) is 6.01. The number of piperidine rings is 1. The quantitative estimate of drug-likeness (QED) is 0.905. The van der Waals surface area contributed by atoms with Crippen LogP contribution in [0.25, 0.3) is 10.6 Å². The molecule has 1 aromatic carbocycles. The summed E-state index contributed by atoms with van der Waals surface area (Å²) in [5.41, 5.74) is 3.34. The summed E-state index contributed by atoms with van der Waals surface area (Å²) in [7, 11) is 0. The molecular weight excluding hydrogens is 288 g/mol. The third kappa shape index (κ3) is 3.25. The molecule has 1 unspecified atom stereocenters. The number of hydrogen-bond acceptors (Lipinski definition) is 5. The predicted octanol–water partition coefficient (Wildman–Crippen LogP) is 1.81. The molecular formula is C14H14N4O2S. The average Bonchev–Trinajstić information content (AvgIpc) is 3.02. The third-order valence-electron chi connectivity index (χ3n) is 3.31. The Kier molecular flexibility index (Phi) is 3.92. The van der Waals surface area contributed by atoms with Crippen LogP contribution in [0.5, 0.6) is 0 Å². The molecule has 1 aliphatic heterocycles. The van der Waals surface area contributed by atoms with Crippen LogP contribution in [0, 0.1) is 0 Å². The zero-order chi connectivity index (χ0) is 14.7. The van der Waals surface area contributed by atoms with Crippen LogP contribution in [0.15, 0.2) is 29.8 Å². The van der Waals surface area contributed by atoms with Gasteiger partial charge >= 0.3 is 0 Å². The lowest BCUT2D eigenvalue weighted by molar-refractivity contribution is -0.128. The van der Waals surface area contributed by atoms with Gasteiger partial charge in [-0.05, 0) is 37.1 Å². The van der Waals surface area contributed by atoms with Crippen LogP contribution in [0.3, 0.4) is 0 Å². The van der Waals surface area contributed by atoms with Gasteiger partial charge in [-0.15, -0.1) is 10.2 Å². The van der Waals surface area contributed by atoms with Gasteiger partial charge in [0.25, 0.3) is 0 Å². The van der Waals surface area contributed by atoms with E-state index in [4.69, 9.17) is 0 Å². The first-order valence-corrected chi connectivity index (χ1v) is 7.57. The van der Waals surface area contributed by atoms with Crippen molar-refractivity contribution in [2.24, 2.45) is 0 Å². The summed E-state index contributed by atoms with van der Waals surface area (Å²) >= 11 is 1.46. The van der Waals surface area contributed by atoms with E-state index in [1.54, 1.807) is 5.51 Å². The molecule has 1 aliphatic rings. The van der Waals surface area contributed by atoms with Gasteiger partial charge < -0.3 is 10.6 Å². The number of carbonyl (C=O) groups is 2. The first-order chi connectivity index (χ1) is 10.2. The van der Waals surface area contributed by atoms with E-state index in [1.807, 2.05) is 24.3 Å². The van der Waals surface area contributed by atoms with Crippen LogP contribution in [0.1, 0.15) is 19.3 Å². The molecule has 2 aromatic rings. The van der Waals surface area contributed by atoms with Crippen molar-refractivity contribution in [1.29, 1.82) is 0 Å². The number of nitrogens with one attached hydrogen (secondary N) is 2. The van der Waals surface area contributed by atoms with E-state index < -0.39 is 6.04 Å². The van der Waals surface area contributed by atoms with Crippen LogP contribution in [0.4, 0.5) is 5.69 Å². The van der Waals surface area contributed by atoms with Crippen LogP contribution in [-0.4, -0.2) is 28.1 Å². The van der Waals surface area contributed by atoms with E-state index in [0.29, 0.717) is 18.5 Å². The number of aromatic nitrogens is 2. The van der Waals surface area contributed by atoms with Crippen LogP contribution >= 0.6 is 11.3 Å². The van der Waals surface area contributed by atoms with E-state index >= 15 is 0 Å². The second-order valence-corrected chi connectivity index (χ2v) is 5.66. The van der Waals surface area contributed by atoms with Gasteiger partial charge in [-0.25, -0.2) is 0 Å². The molecule has 0 radical (unpaired) electrons. The number of hydrogen-bond donors (Lipinski definition) is 2. The summed E-state index contributed by atoms with van der Waals surface area (Å²) in [6.45, 7) is 0. The minimum atomic E-state index is -0.436. The number of rotatable bonds is 3. The normalized spacial score (nSPS) is 18.1. The number of carbonyl (C=O) groups excluding carboxylic acids is 2. The average molecular weight is 302 g/mol. The van der Waals surface area contributed by atoms with E-state index in [-0.39, 0.29) is 11.8 Å². The van der Waals surface area contributed by atoms with Crippen LogP contribution < -0.4 is 10.6 Å². The number of anilines is 1. The fraction of sp³-hybridized carbons (Fsp3) is 0.286. The van der Waals surface area contributed by atoms with Gasteiger partial charge in [0.1, 0.15) is 16.6 Å². The summed E-state index contributed by atoms with van der Waals surface area (Å²) < 4.78 is 0. The predicted molar refractivity (Wildman–Crippen MR) is 79.8 cm³/mol. The van der Waals surface area contributed by atoms with Crippen molar-refractivity contribution in [3.8, 4) is 10.6 Å². The molecule has 0 aliphatic carbocycles. The fourth-order valence-corrected chi connectivity index (χ4v) is 2.79. The monoisotopic (exact) mass is 302 g/mol. The SMILES string of the molecule is O=C1CCCC(C(=O)Nc2ccc(-c3nncs3)cc2)N1. The lowest BCUT2D eigenvalue weighted by atomic mass is 10.0. The molecule has 2 amide bonds. The Labute approximate surface area is 125 Å². The Hall–Kier alpha value is -2.28. The largest absolute Gasteiger partial charge is 0.344 e. The van der Waals surface area contributed by atoms with Crippen molar-refractivity contribution >= 4 is 28.8 Å². The van der Waals surface area contributed by atoms with Crippen molar-refractivity contribution in [2.75, 3.05) is 5.32 Å². The van der Waals surface area contributed by atoms with Gasteiger partial charge in [0, 0.05) is 17.7 Å². The Morgan fingerprint density at radius 2 is 2.14 bits per heavy atom. The lowest BCUT2D eigenvalue weighted by Crippen LogP contribution is -2.46. The molecule has 108 valence electrons. The molecule has 2 heterocycles. The molecule has 1 aromatic heterocycles. The summed E-state index contributed by atoms with van der Waals surface area (Å²) in [6, 6.07) is 6.97. The molecule has 3 rings (SSSR count). The standard InChI is InChI=1S/C14H14N4O2S/c19-12-3-1-2-11(17-12)13(20)16-10-6-4-9(5-7-10)14-18-15-8-21-14/h4-8,11H,1-3H2,(H,16,20)(H,17,19). The highest BCUT2D eigenvalue weighted by atomic mass is 32.1. The summed E-state index contributed by atoms with van der Waals surface area (Å²) in [4.78, 5) is 23.4. The molecule has 1 saturated heterocycles. The molecule has 21 heavy (non-hydrogen) atoms. The number of benzene rings is 1. The van der Waals surface area contributed by atoms with Gasteiger partial charge in [-0.3, -0.25) is 9.59 Å². The maximum absolute atomic E-state index is 12.1. The van der Waals surface area contributed by atoms with Crippen molar-refractivity contribution in [2.45, 2.75) is 25.3 Å². The highest BCUT2D eigenvalue weighted by Crippen LogP contribution is 2.22. The third-order valence-corrected chi connectivity index (χ3v) is 4.05. The smallest absolute Gasteiger partial charge is 0.246 e. The maximum Gasteiger partial charge on any atom is 0.246 e. The minimum Gasteiger partial charge on any atom is -0.344 e. The molecule has 1 fully saturated rings. The van der Waals surface area contributed by atoms with Crippen molar-refractivity contribution in [1.82, 2.24) is 15.5 Å². The lowest BCUT2D eigenvalue weighted by Gasteiger charge is -2.22. The topological polar surface area (TPSA) is 84.0 Å². The van der Waals surface area contributed by atoms with E-state index in [0.717, 1.165) is 17.0 Å². The van der Waals surface area contributed by atoms with Crippen molar-refractivity contribution in [3.63, 3.8) is 0 Å². The van der Waals surface area contributed by atoms with Crippen LogP contribution in [0.2, 0.25) is 0 Å². The zero-order valence-electron chi connectivity index (χ0n) is 11.2. The first kappa shape index (κ1) is 13.7. The molecule has 7 heteroatoms. The minimum absolute atomic E-state index is 0.0620. The Morgan fingerprint density at radius 3 is 2.81 bits per heavy atom. The Morgan fingerprint density at radius 1 is 1.33 bits per heavy atom. The van der Waals surface area contributed by atoms with Gasteiger partial charge in [0.15, 0.2) is 0 Å². The van der Waals surface area contributed by atoms with E-state index in [1.165, 1.54) is 11.3 Å². The summed E-state index contributed by atoms with van der Waals surface area (Å²) in [5, 5.41) is 14.1. The van der Waals surface area contributed by atoms with Gasteiger partial charge in [0.05, 0.1) is 0 Å². The maximum atomic E-state index is 12.1. The summed E-state index contributed by atoms with van der Waals surface area (Å²) in [6.07, 6.45) is 1.93. The Bertz CT molecular complexity index is 640. The number of amides is 2. The van der Waals surface area contributed by atoms with Crippen molar-refractivity contribution in [3.05, 3.63) is 29.8 Å². The first-order valence-electron chi connectivity index (χ1n) is 6.69. The van der Waals surface area contributed by atoms with E-state index in [9.17, 15) is 9.59 Å². The van der Waals surface area contributed by atoms with Gasteiger partial charge in [-0.1, -0.05) is 11.3 Å². The molecule has 0 bridgehead atoms. The molecule has 6 nitrogen and oxygen atoms in total. The van der Waals surface area contributed by atoms with Gasteiger partial charge in [-0.2, -0.15) is 0 Å². The van der Waals surface area contributed by atoms with E-state index in [2.05, 4.69) is 20.8 Å². The zero-order valence-corrected chi connectivity index (χ0v) is 12.0. The van der Waals surface area contributed by atoms with Crippen molar-refractivity contribution < 1.29 is 9.59 Å². The van der Waals surface area contributed by atoms with Gasteiger partial charge in [0.2, 0.25) is 11.8 Å².